The highest BCUT2D eigenvalue weighted by atomic mass is 35.5. The lowest BCUT2D eigenvalue weighted by atomic mass is 9.84. The molecule has 1 heterocycles. The molecule has 0 spiro atoms. The maximum atomic E-state index is 11.6. The molecule has 2 aromatic rings. The monoisotopic (exact) mass is 386 g/mol. The van der Waals surface area contributed by atoms with Crippen molar-refractivity contribution in [3.63, 3.8) is 0 Å². The minimum Gasteiger partial charge on any atom is -0.310 e. The third kappa shape index (κ3) is 5.62. The Hall–Kier alpha value is -2.73. The van der Waals surface area contributed by atoms with Crippen molar-refractivity contribution in [1.82, 2.24) is 9.97 Å². The van der Waals surface area contributed by atoms with Gasteiger partial charge in [-0.3, -0.25) is 14.9 Å². The first-order chi connectivity index (χ1) is 12.6. The number of carbonyl (C=O) groups is 2. The number of nitrogens with one attached hydrogen (secondary N) is 2. The summed E-state index contributed by atoms with van der Waals surface area (Å²) in [7, 11) is 0. The van der Waals surface area contributed by atoms with E-state index < -0.39 is 0 Å². The molecule has 0 fully saturated rings. The second-order valence-electron chi connectivity index (χ2n) is 6.82. The Labute approximate surface area is 164 Å². The fourth-order valence-corrected chi connectivity index (χ4v) is 2.65. The van der Waals surface area contributed by atoms with Gasteiger partial charge in [-0.15, -0.1) is 0 Å². The lowest BCUT2D eigenvalue weighted by Gasteiger charge is -2.21. The van der Waals surface area contributed by atoms with E-state index >= 15 is 0 Å². The third-order valence-corrected chi connectivity index (χ3v) is 4.23. The van der Waals surface area contributed by atoms with Crippen molar-refractivity contribution in [3.05, 3.63) is 52.2 Å². The van der Waals surface area contributed by atoms with Gasteiger partial charge < -0.3 is 5.32 Å². The molecule has 1 aromatic heterocycles. The smallest absolute Gasteiger partial charge is 0.231 e. The highest BCUT2D eigenvalue weighted by Crippen LogP contribution is 2.29. The number of amides is 2. The van der Waals surface area contributed by atoms with Crippen molar-refractivity contribution in [3.8, 4) is 0 Å². The summed E-state index contributed by atoms with van der Waals surface area (Å²) < 4.78 is 0. The second-order valence-corrected chi connectivity index (χ2v) is 7.26. The topological polar surface area (TPSA) is 84.0 Å². The number of hydrogen-bond donors (Lipinski definition) is 2. The van der Waals surface area contributed by atoms with Gasteiger partial charge >= 0.3 is 0 Å². The zero-order chi connectivity index (χ0) is 20.2. The molecule has 0 aliphatic carbocycles. The first-order valence-corrected chi connectivity index (χ1v) is 8.85. The van der Waals surface area contributed by atoms with Crippen molar-refractivity contribution < 1.29 is 9.59 Å². The Morgan fingerprint density at radius 2 is 1.63 bits per heavy atom. The first kappa shape index (κ1) is 20.6. The van der Waals surface area contributed by atoms with Crippen LogP contribution in [0.4, 0.5) is 11.8 Å². The fraction of sp³-hybridized carbons (Fsp3) is 0.300. The van der Waals surface area contributed by atoms with Gasteiger partial charge in [0.15, 0.2) is 0 Å². The molecule has 0 bridgehead atoms. The van der Waals surface area contributed by atoms with Gasteiger partial charge in [0.05, 0.1) is 5.69 Å². The highest BCUT2D eigenvalue weighted by Gasteiger charge is 2.18. The van der Waals surface area contributed by atoms with E-state index in [2.05, 4.69) is 34.4 Å². The van der Waals surface area contributed by atoms with Crippen LogP contribution in [0.1, 0.15) is 44.5 Å². The minimum absolute atomic E-state index is 0.151. The van der Waals surface area contributed by atoms with E-state index in [1.807, 2.05) is 36.4 Å². The van der Waals surface area contributed by atoms with E-state index in [-0.39, 0.29) is 23.2 Å². The number of nitrogens with zero attached hydrogens (tertiary/aromatic N) is 2. The van der Waals surface area contributed by atoms with Gasteiger partial charge in [0.25, 0.3) is 0 Å². The fourth-order valence-electron chi connectivity index (χ4n) is 2.52. The molecule has 0 saturated heterocycles. The van der Waals surface area contributed by atoms with Gasteiger partial charge in [-0.1, -0.05) is 49.7 Å². The van der Waals surface area contributed by atoms with Gasteiger partial charge in [-0.05, 0) is 24.6 Å². The maximum absolute atomic E-state index is 11.6. The molecular formula is C20H23ClN4O2. The Morgan fingerprint density at radius 3 is 2.19 bits per heavy atom. The molecule has 0 unspecified atom stereocenters. The number of benzene rings is 1. The summed E-state index contributed by atoms with van der Waals surface area (Å²) in [5.74, 6) is -0.0383. The molecule has 0 aliphatic heterocycles. The number of rotatable bonds is 5. The van der Waals surface area contributed by atoms with Crippen LogP contribution in [-0.4, -0.2) is 21.8 Å². The zero-order valence-corrected chi connectivity index (χ0v) is 16.8. The van der Waals surface area contributed by atoms with Crippen LogP contribution < -0.4 is 10.6 Å². The lowest BCUT2D eigenvalue weighted by molar-refractivity contribution is -0.115. The molecule has 7 heteroatoms. The summed E-state index contributed by atoms with van der Waals surface area (Å²) >= 11 is 5.97. The van der Waals surface area contributed by atoms with Crippen LogP contribution >= 0.6 is 11.6 Å². The van der Waals surface area contributed by atoms with Gasteiger partial charge in [-0.25, -0.2) is 4.98 Å². The largest absolute Gasteiger partial charge is 0.310 e. The predicted molar refractivity (Wildman–Crippen MR) is 109 cm³/mol. The van der Waals surface area contributed by atoms with Crippen LogP contribution in [0.25, 0.3) is 6.08 Å². The van der Waals surface area contributed by atoms with Crippen molar-refractivity contribution in [1.29, 1.82) is 0 Å². The number of allylic oxidation sites excluding steroid dienone is 1. The quantitative estimate of drug-likeness (QED) is 0.800. The Bertz CT molecular complexity index is 890. The highest BCUT2D eigenvalue weighted by molar-refractivity contribution is 6.30. The summed E-state index contributed by atoms with van der Waals surface area (Å²) in [6.07, 6.45) is 3.90. The number of aromatic nitrogens is 2. The van der Waals surface area contributed by atoms with E-state index in [1.54, 1.807) is 6.92 Å². The van der Waals surface area contributed by atoms with Crippen LogP contribution in [-0.2, 0) is 15.0 Å². The van der Waals surface area contributed by atoms with E-state index in [0.717, 1.165) is 5.56 Å². The molecule has 2 rings (SSSR count). The Kier molecular flexibility index (Phi) is 6.33. The molecule has 27 heavy (non-hydrogen) atoms. The molecule has 0 radical (unpaired) electrons. The van der Waals surface area contributed by atoms with Crippen LogP contribution in [0.15, 0.2) is 30.3 Å². The lowest BCUT2D eigenvalue weighted by Crippen LogP contribution is -2.16. The molecule has 6 nitrogen and oxygen atoms in total. The zero-order valence-electron chi connectivity index (χ0n) is 16.1. The number of halogens is 1. The number of carbonyl (C=O) groups excluding carboxylic acids is 2. The number of aryl methyl sites for hydroxylation is 1. The predicted octanol–water partition coefficient (Wildman–Crippen LogP) is 4.35. The molecule has 2 N–H and O–H groups in total. The summed E-state index contributed by atoms with van der Waals surface area (Å²) in [6, 6.07) is 7.66. The molecule has 0 saturated carbocycles. The summed E-state index contributed by atoms with van der Waals surface area (Å²) in [6.45, 7) is 8.73. The summed E-state index contributed by atoms with van der Waals surface area (Å²) in [5.41, 5.74) is 2.14. The molecule has 0 atom stereocenters. The number of hydrogen-bond acceptors (Lipinski definition) is 4. The average Bonchev–Trinajstić information content (AvgIpc) is 2.53. The summed E-state index contributed by atoms with van der Waals surface area (Å²) in [4.78, 5) is 31.4. The van der Waals surface area contributed by atoms with Crippen molar-refractivity contribution >= 4 is 41.3 Å². The van der Waals surface area contributed by atoms with Crippen molar-refractivity contribution in [2.75, 3.05) is 10.6 Å². The maximum Gasteiger partial charge on any atom is 0.231 e. The summed E-state index contributed by atoms with van der Waals surface area (Å²) in [5, 5.41) is 5.93. The normalized spacial score (nSPS) is 11.5. The Balaban J connectivity index is 2.43. The second kappa shape index (κ2) is 8.31. The molecular weight excluding hydrogens is 364 g/mol. The van der Waals surface area contributed by atoms with Crippen LogP contribution in [0, 0.1) is 6.92 Å². The minimum atomic E-state index is -0.282. The van der Waals surface area contributed by atoms with E-state index in [1.165, 1.54) is 13.8 Å². The van der Waals surface area contributed by atoms with Crippen molar-refractivity contribution in [2.45, 2.75) is 40.0 Å². The van der Waals surface area contributed by atoms with E-state index in [0.29, 0.717) is 22.1 Å². The standard InChI is InChI=1S/C20H23ClN4O2/c1-12-17(10-11-20(4,5)15-6-8-16(21)9-7-15)18(23-13(2)26)25-19(22-12)24-14(3)27/h6-11H,1-5H3,(H2,22,23,24,25,26,27). The SMILES string of the molecule is CC(=O)Nc1nc(C)c(C=CC(C)(C)c2ccc(Cl)cc2)c(NC(C)=O)n1. The third-order valence-electron chi connectivity index (χ3n) is 3.97. The Morgan fingerprint density at radius 1 is 1.04 bits per heavy atom. The van der Waals surface area contributed by atoms with Crippen molar-refractivity contribution in [2.24, 2.45) is 0 Å². The van der Waals surface area contributed by atoms with Gasteiger partial charge in [-0.2, -0.15) is 4.98 Å². The molecule has 1 aromatic carbocycles. The molecule has 0 aliphatic rings. The average molecular weight is 387 g/mol. The van der Waals surface area contributed by atoms with Gasteiger partial charge in [0.1, 0.15) is 5.82 Å². The van der Waals surface area contributed by atoms with Crippen LogP contribution in [0.3, 0.4) is 0 Å². The van der Waals surface area contributed by atoms with E-state index in [9.17, 15) is 9.59 Å². The van der Waals surface area contributed by atoms with Crippen LogP contribution in [0.2, 0.25) is 5.02 Å². The first-order valence-electron chi connectivity index (χ1n) is 8.47. The van der Waals surface area contributed by atoms with E-state index in [4.69, 9.17) is 11.6 Å². The molecule has 2 amide bonds. The van der Waals surface area contributed by atoms with Gasteiger partial charge in [0.2, 0.25) is 17.8 Å². The molecule has 142 valence electrons. The van der Waals surface area contributed by atoms with Gasteiger partial charge in [0, 0.05) is 29.8 Å². The number of anilines is 2. The van der Waals surface area contributed by atoms with Crippen LogP contribution in [0.5, 0.6) is 0 Å².